The molecule has 1 amide bonds. The largest absolute Gasteiger partial charge is 0.387 e. The third kappa shape index (κ3) is 4.32. The van der Waals surface area contributed by atoms with E-state index in [1.807, 2.05) is 31.2 Å². The number of halogens is 1. The number of benzene rings is 2. The summed E-state index contributed by atoms with van der Waals surface area (Å²) in [5, 5.41) is 15.0. The molecule has 1 aromatic heterocycles. The Bertz CT molecular complexity index is 1020. The molecule has 1 aliphatic rings. The number of aliphatic hydroxyl groups excluding tert-OH is 1. The average molecular weight is 426 g/mol. The number of hydrogen-bond donors (Lipinski definition) is 3. The number of piperidine rings is 1. The highest BCUT2D eigenvalue weighted by Gasteiger charge is 2.18. The number of carbonyl (C=O) groups is 1. The van der Waals surface area contributed by atoms with Crippen molar-refractivity contribution in [1.29, 1.82) is 0 Å². The summed E-state index contributed by atoms with van der Waals surface area (Å²) < 4.78 is 0. The third-order valence-corrected chi connectivity index (χ3v) is 6.14. The van der Waals surface area contributed by atoms with Crippen LogP contribution >= 0.6 is 11.6 Å². The molecular weight excluding hydrogens is 398 g/mol. The molecule has 0 saturated carbocycles. The monoisotopic (exact) mass is 425 g/mol. The maximum Gasteiger partial charge on any atom is 0.268 e. The number of aromatic nitrogens is 1. The van der Waals surface area contributed by atoms with Crippen LogP contribution in [-0.2, 0) is 6.42 Å². The van der Waals surface area contributed by atoms with Crippen molar-refractivity contribution in [3.05, 3.63) is 64.3 Å². The Kier molecular flexibility index (Phi) is 6.30. The van der Waals surface area contributed by atoms with E-state index in [0.29, 0.717) is 17.1 Å². The van der Waals surface area contributed by atoms with E-state index in [4.69, 9.17) is 11.6 Å². The highest BCUT2D eigenvalue weighted by atomic mass is 35.5. The van der Waals surface area contributed by atoms with Crippen molar-refractivity contribution < 1.29 is 9.90 Å². The Morgan fingerprint density at radius 2 is 1.90 bits per heavy atom. The van der Waals surface area contributed by atoms with Crippen LogP contribution in [0.25, 0.3) is 10.9 Å². The number of fused-ring (bicyclic) bond motifs is 1. The summed E-state index contributed by atoms with van der Waals surface area (Å²) in [6.07, 6.45) is 3.72. The van der Waals surface area contributed by atoms with Crippen LogP contribution in [0, 0.1) is 0 Å². The SMILES string of the molecule is CCc1c(C(=O)NCC(O)c2ccc(N3CCCCC3)cc2)[nH]c2ccc(Cl)cc12. The second-order valence-electron chi connectivity index (χ2n) is 7.89. The fraction of sp³-hybridized carbons (Fsp3) is 0.375. The molecule has 1 fully saturated rings. The Morgan fingerprint density at radius 1 is 1.17 bits per heavy atom. The fourth-order valence-electron chi connectivity index (χ4n) is 4.24. The van der Waals surface area contributed by atoms with E-state index in [1.165, 1.54) is 24.9 Å². The van der Waals surface area contributed by atoms with Gasteiger partial charge in [-0.2, -0.15) is 0 Å². The van der Waals surface area contributed by atoms with Gasteiger partial charge in [0.25, 0.3) is 5.91 Å². The van der Waals surface area contributed by atoms with Gasteiger partial charge in [0.2, 0.25) is 0 Å². The third-order valence-electron chi connectivity index (χ3n) is 5.90. The van der Waals surface area contributed by atoms with Gasteiger partial charge in [-0.3, -0.25) is 4.79 Å². The molecule has 0 radical (unpaired) electrons. The van der Waals surface area contributed by atoms with Crippen LogP contribution in [0.5, 0.6) is 0 Å². The number of nitrogens with zero attached hydrogens (tertiary/aromatic N) is 1. The summed E-state index contributed by atoms with van der Waals surface area (Å²) in [5.41, 5.74) is 4.34. The minimum absolute atomic E-state index is 0.154. The number of aliphatic hydroxyl groups is 1. The molecular formula is C24H28ClN3O2. The van der Waals surface area contributed by atoms with Gasteiger partial charge in [-0.15, -0.1) is 0 Å². The van der Waals surface area contributed by atoms with Gasteiger partial charge in [-0.05, 0) is 67.1 Å². The average Bonchev–Trinajstić information content (AvgIpc) is 3.15. The Balaban J connectivity index is 1.41. The zero-order chi connectivity index (χ0) is 21.1. The molecule has 2 heterocycles. The van der Waals surface area contributed by atoms with Crippen LogP contribution < -0.4 is 10.2 Å². The lowest BCUT2D eigenvalue weighted by Gasteiger charge is -2.29. The second-order valence-corrected chi connectivity index (χ2v) is 8.32. The molecule has 1 atom stereocenters. The molecule has 0 aliphatic carbocycles. The predicted molar refractivity (Wildman–Crippen MR) is 122 cm³/mol. The molecule has 1 unspecified atom stereocenters. The molecule has 3 N–H and O–H groups in total. The minimum atomic E-state index is -0.756. The smallest absolute Gasteiger partial charge is 0.268 e. The summed E-state index contributed by atoms with van der Waals surface area (Å²) in [5.74, 6) is -0.219. The lowest BCUT2D eigenvalue weighted by atomic mass is 10.1. The maximum absolute atomic E-state index is 12.8. The van der Waals surface area contributed by atoms with Crippen LogP contribution in [0.4, 0.5) is 5.69 Å². The quantitative estimate of drug-likeness (QED) is 0.529. The number of rotatable bonds is 6. The van der Waals surface area contributed by atoms with Crippen LogP contribution in [0.1, 0.15) is 53.9 Å². The van der Waals surface area contributed by atoms with Gasteiger partial charge in [0.05, 0.1) is 6.10 Å². The number of amides is 1. The lowest BCUT2D eigenvalue weighted by molar-refractivity contribution is 0.0911. The molecule has 0 bridgehead atoms. The summed E-state index contributed by atoms with van der Waals surface area (Å²) >= 11 is 6.12. The number of aromatic amines is 1. The van der Waals surface area contributed by atoms with Crippen LogP contribution in [0.2, 0.25) is 5.02 Å². The molecule has 1 aliphatic heterocycles. The van der Waals surface area contributed by atoms with E-state index in [-0.39, 0.29) is 12.5 Å². The highest BCUT2D eigenvalue weighted by molar-refractivity contribution is 6.31. The number of aryl methyl sites for hydroxylation is 1. The Labute approximate surface area is 182 Å². The van der Waals surface area contributed by atoms with Crippen LogP contribution in [-0.4, -0.2) is 35.6 Å². The molecule has 0 spiro atoms. The summed E-state index contributed by atoms with van der Waals surface area (Å²) in [6, 6.07) is 13.6. The molecule has 6 heteroatoms. The first-order valence-corrected chi connectivity index (χ1v) is 11.1. The first-order chi connectivity index (χ1) is 14.6. The van der Waals surface area contributed by atoms with Crippen molar-refractivity contribution in [2.24, 2.45) is 0 Å². The topological polar surface area (TPSA) is 68.4 Å². The number of anilines is 1. The standard InChI is InChI=1S/C24H28ClN3O2/c1-2-19-20-14-17(25)8-11-21(20)27-23(19)24(30)26-15-22(29)16-6-9-18(10-7-16)28-12-4-3-5-13-28/h6-11,14,22,27,29H,2-5,12-13,15H2,1H3,(H,26,30). The zero-order valence-corrected chi connectivity index (χ0v) is 18.0. The number of H-pyrrole nitrogens is 1. The molecule has 4 rings (SSSR count). The first-order valence-electron chi connectivity index (χ1n) is 10.7. The van der Waals surface area contributed by atoms with Crippen molar-refractivity contribution in [2.75, 3.05) is 24.5 Å². The molecule has 5 nitrogen and oxygen atoms in total. The van der Waals surface area contributed by atoms with Gasteiger partial charge in [0.1, 0.15) is 5.69 Å². The summed E-state index contributed by atoms with van der Waals surface area (Å²) in [7, 11) is 0. The van der Waals surface area contributed by atoms with Crippen molar-refractivity contribution in [3.8, 4) is 0 Å². The van der Waals surface area contributed by atoms with Crippen molar-refractivity contribution in [2.45, 2.75) is 38.7 Å². The normalized spacial score (nSPS) is 15.4. The van der Waals surface area contributed by atoms with Crippen LogP contribution in [0.3, 0.4) is 0 Å². The van der Waals surface area contributed by atoms with E-state index < -0.39 is 6.10 Å². The molecule has 1 saturated heterocycles. The first kappa shape index (κ1) is 20.8. The van der Waals surface area contributed by atoms with E-state index in [1.54, 1.807) is 6.07 Å². The predicted octanol–water partition coefficient (Wildman–Crippen LogP) is 4.84. The molecule has 3 aromatic rings. The molecule has 2 aromatic carbocycles. The summed E-state index contributed by atoms with van der Waals surface area (Å²) in [6.45, 7) is 4.35. The number of hydrogen-bond acceptors (Lipinski definition) is 3. The second kappa shape index (κ2) is 9.11. The lowest BCUT2D eigenvalue weighted by Crippen LogP contribution is -2.30. The molecule has 158 valence electrons. The van der Waals surface area contributed by atoms with Gasteiger partial charge in [-0.25, -0.2) is 0 Å². The Hall–Kier alpha value is -2.50. The van der Waals surface area contributed by atoms with Gasteiger partial charge in [0, 0.05) is 41.2 Å². The van der Waals surface area contributed by atoms with Gasteiger partial charge < -0.3 is 20.3 Å². The number of carbonyl (C=O) groups excluding carboxylic acids is 1. The van der Waals surface area contributed by atoms with E-state index >= 15 is 0 Å². The maximum atomic E-state index is 12.8. The minimum Gasteiger partial charge on any atom is -0.387 e. The van der Waals surface area contributed by atoms with Gasteiger partial charge >= 0.3 is 0 Å². The van der Waals surface area contributed by atoms with E-state index in [2.05, 4.69) is 27.3 Å². The van der Waals surface area contributed by atoms with E-state index in [0.717, 1.165) is 35.1 Å². The molecule has 30 heavy (non-hydrogen) atoms. The van der Waals surface area contributed by atoms with E-state index in [9.17, 15) is 9.90 Å². The van der Waals surface area contributed by atoms with Gasteiger partial charge in [0.15, 0.2) is 0 Å². The fourth-order valence-corrected chi connectivity index (χ4v) is 4.41. The van der Waals surface area contributed by atoms with Crippen molar-refractivity contribution >= 4 is 34.1 Å². The van der Waals surface area contributed by atoms with Crippen molar-refractivity contribution in [1.82, 2.24) is 10.3 Å². The summed E-state index contributed by atoms with van der Waals surface area (Å²) in [4.78, 5) is 18.4. The van der Waals surface area contributed by atoms with Gasteiger partial charge in [-0.1, -0.05) is 30.7 Å². The zero-order valence-electron chi connectivity index (χ0n) is 17.2. The van der Waals surface area contributed by atoms with Crippen LogP contribution in [0.15, 0.2) is 42.5 Å². The highest BCUT2D eigenvalue weighted by Crippen LogP contribution is 2.26. The number of nitrogens with one attached hydrogen (secondary N) is 2. The van der Waals surface area contributed by atoms with Crippen molar-refractivity contribution in [3.63, 3.8) is 0 Å². The Morgan fingerprint density at radius 3 is 2.60 bits per heavy atom.